The first-order valence-corrected chi connectivity index (χ1v) is 22.6. The average Bonchev–Trinajstić information content (AvgIpc) is 3.44. The molecule has 0 aromatic heterocycles. The van der Waals surface area contributed by atoms with Gasteiger partial charge in [0.05, 0.1) is 6.10 Å². The monoisotopic (exact) mass is 699 g/mol. The predicted molar refractivity (Wildman–Crippen MR) is 215 cm³/mol. The standard InChI is InChI=1S/C29H50O.C18H36O2/c1-7-21(19(2)3)9-8-20(4)25-12-13-26-24-11-10-22-18-23(30)14-16-28(22,5)27(24)15-17-29(25,26)6;1-2-3-4-5-6-7-8-9-10-11-12-13-14-15-16-17-18(19)20/h10,19-21,23-27,30H,7-9,11-18H2,1-6H3;2-17H2,1H3,(H,19,20)/t20-,21+,23+,24+,25-,26+,27+,28+,29-;/m1./s1. The van der Waals surface area contributed by atoms with Crippen molar-refractivity contribution in [1.29, 1.82) is 0 Å². The molecular weight excluding hydrogens is 613 g/mol. The molecule has 9 atom stereocenters. The highest BCUT2D eigenvalue weighted by Crippen LogP contribution is 2.67. The molecule has 0 amide bonds. The van der Waals surface area contributed by atoms with Gasteiger partial charge in [0.15, 0.2) is 0 Å². The molecule has 4 aliphatic rings. The maximum Gasteiger partial charge on any atom is 0.303 e. The summed E-state index contributed by atoms with van der Waals surface area (Å²) in [6.07, 6.45) is 37.3. The van der Waals surface area contributed by atoms with Crippen LogP contribution in [0.1, 0.15) is 222 Å². The summed E-state index contributed by atoms with van der Waals surface area (Å²) in [5.41, 5.74) is 2.59. The molecule has 0 heterocycles. The third-order valence-electron chi connectivity index (χ3n) is 15.3. The summed E-state index contributed by atoms with van der Waals surface area (Å²) in [6.45, 7) is 17.4. The zero-order valence-electron chi connectivity index (χ0n) is 34.6. The number of hydrogen-bond acceptors (Lipinski definition) is 2. The van der Waals surface area contributed by atoms with Crippen molar-refractivity contribution >= 4 is 5.97 Å². The van der Waals surface area contributed by atoms with Crippen LogP contribution in [0, 0.1) is 52.3 Å². The first-order valence-electron chi connectivity index (χ1n) is 22.6. The molecule has 0 bridgehead atoms. The molecule has 50 heavy (non-hydrogen) atoms. The second kappa shape index (κ2) is 22.4. The number of aliphatic hydroxyl groups excluding tert-OH is 1. The molecule has 3 fully saturated rings. The van der Waals surface area contributed by atoms with Gasteiger partial charge in [-0.3, -0.25) is 4.79 Å². The minimum atomic E-state index is -0.653. The van der Waals surface area contributed by atoms with Crippen LogP contribution in [-0.4, -0.2) is 22.3 Å². The number of rotatable bonds is 22. The van der Waals surface area contributed by atoms with Crippen LogP contribution in [0.2, 0.25) is 0 Å². The Bertz CT molecular complexity index is 969. The third-order valence-corrected chi connectivity index (χ3v) is 15.3. The Kier molecular flexibility index (Phi) is 19.5. The van der Waals surface area contributed by atoms with E-state index in [1.165, 1.54) is 141 Å². The van der Waals surface area contributed by atoms with Crippen molar-refractivity contribution in [2.75, 3.05) is 0 Å². The number of allylic oxidation sites excluding steroid dienone is 1. The average molecular weight is 699 g/mol. The molecule has 3 heteroatoms. The lowest BCUT2D eigenvalue weighted by molar-refractivity contribution is -0.137. The van der Waals surface area contributed by atoms with Gasteiger partial charge in [-0.25, -0.2) is 0 Å². The molecule has 4 rings (SSSR count). The Labute approximate surface area is 312 Å². The van der Waals surface area contributed by atoms with Crippen LogP contribution in [0.4, 0.5) is 0 Å². The van der Waals surface area contributed by atoms with E-state index in [9.17, 15) is 9.90 Å². The van der Waals surface area contributed by atoms with Crippen molar-refractivity contribution in [3.8, 4) is 0 Å². The largest absolute Gasteiger partial charge is 0.481 e. The van der Waals surface area contributed by atoms with Gasteiger partial charge in [0, 0.05) is 6.42 Å². The van der Waals surface area contributed by atoms with Crippen LogP contribution in [0.3, 0.4) is 0 Å². The lowest BCUT2D eigenvalue weighted by Crippen LogP contribution is -2.50. The van der Waals surface area contributed by atoms with Crippen LogP contribution in [-0.2, 0) is 4.79 Å². The number of aliphatic carboxylic acids is 1. The smallest absolute Gasteiger partial charge is 0.303 e. The number of hydrogen-bond donors (Lipinski definition) is 2. The van der Waals surface area contributed by atoms with Gasteiger partial charge in [0.2, 0.25) is 0 Å². The van der Waals surface area contributed by atoms with Crippen LogP contribution < -0.4 is 0 Å². The second-order valence-electron chi connectivity index (χ2n) is 18.9. The Hall–Kier alpha value is -0.830. The predicted octanol–water partition coefficient (Wildman–Crippen LogP) is 14.4. The second-order valence-corrected chi connectivity index (χ2v) is 18.9. The van der Waals surface area contributed by atoms with Gasteiger partial charge in [-0.05, 0) is 116 Å². The minimum Gasteiger partial charge on any atom is -0.481 e. The van der Waals surface area contributed by atoms with E-state index >= 15 is 0 Å². The topological polar surface area (TPSA) is 57.5 Å². The van der Waals surface area contributed by atoms with E-state index in [1.807, 2.05) is 0 Å². The molecule has 4 aliphatic carbocycles. The molecule has 2 N–H and O–H groups in total. The molecule has 3 nitrogen and oxygen atoms in total. The first-order chi connectivity index (χ1) is 24.0. The highest BCUT2D eigenvalue weighted by atomic mass is 16.4. The Morgan fingerprint density at radius 3 is 1.88 bits per heavy atom. The fourth-order valence-electron chi connectivity index (χ4n) is 12.0. The van der Waals surface area contributed by atoms with E-state index in [1.54, 1.807) is 5.57 Å². The lowest BCUT2D eigenvalue weighted by atomic mass is 9.47. The summed E-state index contributed by atoms with van der Waals surface area (Å²) in [7, 11) is 0. The van der Waals surface area contributed by atoms with Crippen LogP contribution in [0.25, 0.3) is 0 Å². The number of carboxylic acid groups (broad SMARTS) is 1. The van der Waals surface area contributed by atoms with Gasteiger partial charge in [0.25, 0.3) is 0 Å². The molecule has 0 aliphatic heterocycles. The van der Waals surface area contributed by atoms with Gasteiger partial charge in [-0.15, -0.1) is 0 Å². The van der Waals surface area contributed by atoms with E-state index in [0.717, 1.165) is 67.1 Å². The van der Waals surface area contributed by atoms with Gasteiger partial charge in [-0.2, -0.15) is 0 Å². The van der Waals surface area contributed by atoms with Gasteiger partial charge in [-0.1, -0.05) is 163 Å². The van der Waals surface area contributed by atoms with E-state index in [4.69, 9.17) is 5.11 Å². The highest BCUT2D eigenvalue weighted by molar-refractivity contribution is 5.66. The number of carboxylic acids is 1. The minimum absolute atomic E-state index is 0.0794. The molecule has 0 aromatic carbocycles. The lowest BCUT2D eigenvalue weighted by Gasteiger charge is -2.58. The number of unbranched alkanes of at least 4 members (excludes halogenated alkanes) is 14. The molecule has 0 radical (unpaired) electrons. The van der Waals surface area contributed by atoms with Crippen molar-refractivity contribution in [1.82, 2.24) is 0 Å². The summed E-state index contributed by atoms with van der Waals surface area (Å²) in [4.78, 5) is 10.3. The normalized spacial score (nSPS) is 31.5. The Morgan fingerprint density at radius 1 is 0.760 bits per heavy atom. The maximum absolute atomic E-state index is 10.3. The number of aliphatic hydroxyl groups is 1. The molecule has 3 saturated carbocycles. The summed E-state index contributed by atoms with van der Waals surface area (Å²) in [5, 5.41) is 18.8. The number of carbonyl (C=O) groups is 1. The van der Waals surface area contributed by atoms with Gasteiger partial charge >= 0.3 is 5.97 Å². The summed E-state index contributed by atoms with van der Waals surface area (Å²) in [5.74, 6) is 5.65. The zero-order valence-corrected chi connectivity index (χ0v) is 34.6. The quantitative estimate of drug-likeness (QED) is 0.0874. The number of fused-ring (bicyclic) bond motifs is 5. The Morgan fingerprint density at radius 2 is 1.34 bits per heavy atom. The van der Waals surface area contributed by atoms with Gasteiger partial charge < -0.3 is 10.2 Å². The van der Waals surface area contributed by atoms with Crippen molar-refractivity contribution in [3.63, 3.8) is 0 Å². The van der Waals surface area contributed by atoms with Crippen LogP contribution in [0.15, 0.2) is 11.6 Å². The SMILES string of the molecule is CCCCCCCCCCCCCCCCCC(=O)O.CC[C@@H](CC[C@@H](C)[C@H]1CC[C@H]2[C@@H]3CC=C4C[C@@H](O)CC[C@]4(C)[C@H]3CC[C@]12C)C(C)C. The summed E-state index contributed by atoms with van der Waals surface area (Å²) in [6, 6.07) is 0. The zero-order chi connectivity index (χ0) is 36.6. The summed E-state index contributed by atoms with van der Waals surface area (Å²) < 4.78 is 0. The van der Waals surface area contributed by atoms with E-state index in [0.29, 0.717) is 17.3 Å². The van der Waals surface area contributed by atoms with E-state index in [-0.39, 0.29) is 6.10 Å². The molecule has 292 valence electrons. The van der Waals surface area contributed by atoms with Crippen LogP contribution >= 0.6 is 0 Å². The van der Waals surface area contributed by atoms with Crippen LogP contribution in [0.5, 0.6) is 0 Å². The first kappa shape index (κ1) is 43.6. The third kappa shape index (κ3) is 12.6. The van der Waals surface area contributed by atoms with Crippen molar-refractivity contribution < 1.29 is 15.0 Å². The van der Waals surface area contributed by atoms with Gasteiger partial charge in [0.1, 0.15) is 0 Å². The molecule has 0 saturated heterocycles. The highest BCUT2D eigenvalue weighted by Gasteiger charge is 2.59. The fraction of sp³-hybridized carbons (Fsp3) is 0.936. The Balaban J connectivity index is 0.000000297. The van der Waals surface area contributed by atoms with E-state index in [2.05, 4.69) is 54.5 Å². The molecule has 0 aromatic rings. The van der Waals surface area contributed by atoms with Crippen molar-refractivity contribution in [2.24, 2.45) is 52.3 Å². The summed E-state index contributed by atoms with van der Waals surface area (Å²) >= 11 is 0. The fourth-order valence-corrected chi connectivity index (χ4v) is 12.0. The van der Waals surface area contributed by atoms with Crippen molar-refractivity contribution in [2.45, 2.75) is 228 Å². The molecular formula is C47H86O3. The van der Waals surface area contributed by atoms with Crippen molar-refractivity contribution in [3.05, 3.63) is 11.6 Å². The molecule has 0 unspecified atom stereocenters. The van der Waals surface area contributed by atoms with E-state index < -0.39 is 5.97 Å². The molecule has 0 spiro atoms. The maximum atomic E-state index is 10.3.